The van der Waals surface area contributed by atoms with Crippen LogP contribution in [0.4, 0.5) is 11.9 Å². The van der Waals surface area contributed by atoms with Crippen LogP contribution in [0, 0.1) is 0 Å². The molecule has 0 spiro atoms. The van der Waals surface area contributed by atoms with Crippen molar-refractivity contribution in [3.63, 3.8) is 0 Å². The fourth-order valence-corrected chi connectivity index (χ4v) is 2.93. The number of anilines is 2. The number of aliphatic hydroxyl groups is 3. The quantitative estimate of drug-likeness (QED) is 0.216. The maximum atomic E-state index is 12.2. The van der Waals surface area contributed by atoms with E-state index in [2.05, 4.69) is 25.5 Å². The van der Waals surface area contributed by atoms with Crippen LogP contribution in [0.1, 0.15) is 12.0 Å². The van der Waals surface area contributed by atoms with Crippen molar-refractivity contribution < 1.29 is 24.5 Å². The third-order valence-electron chi connectivity index (χ3n) is 4.24. The van der Waals surface area contributed by atoms with Gasteiger partial charge >= 0.3 is 0 Å². The van der Waals surface area contributed by atoms with Crippen LogP contribution in [0.25, 0.3) is 11.2 Å². The number of hydrogen-bond donors (Lipinski definition) is 6. The summed E-state index contributed by atoms with van der Waals surface area (Å²) in [6, 6.07) is 3.36. The summed E-state index contributed by atoms with van der Waals surface area (Å²) in [5.41, 5.74) is 7.56. The van der Waals surface area contributed by atoms with Gasteiger partial charge in [0.05, 0.1) is 19.1 Å². The number of furan rings is 1. The maximum Gasteiger partial charge on any atom is 0.280 e. The van der Waals surface area contributed by atoms with Crippen LogP contribution in [-0.2, 0) is 4.74 Å². The van der Waals surface area contributed by atoms with Gasteiger partial charge in [0.1, 0.15) is 24.1 Å². The predicted octanol–water partition coefficient (Wildman–Crippen LogP) is -1.65. The molecule has 3 aromatic heterocycles. The Labute approximate surface area is 156 Å². The summed E-state index contributed by atoms with van der Waals surface area (Å²) in [5.74, 6) is 0.288. The molecule has 13 nitrogen and oxygen atoms in total. The number of hydrogen-bond acceptors (Lipinski definition) is 11. The van der Waals surface area contributed by atoms with Gasteiger partial charge in [-0.1, -0.05) is 0 Å². The van der Waals surface area contributed by atoms with Crippen LogP contribution in [0.5, 0.6) is 0 Å². The van der Waals surface area contributed by atoms with Crippen LogP contribution in [0.2, 0.25) is 0 Å². The number of aromatic nitrogens is 4. The third kappa shape index (κ3) is 3.01. The maximum absolute atomic E-state index is 12.2. The third-order valence-corrected chi connectivity index (χ3v) is 4.24. The Bertz CT molecular complexity index is 1060. The number of imidazole rings is 1. The van der Waals surface area contributed by atoms with Gasteiger partial charge in [-0.15, -0.1) is 0 Å². The van der Waals surface area contributed by atoms with E-state index in [0.717, 1.165) is 0 Å². The lowest BCUT2D eigenvalue weighted by molar-refractivity contribution is -0.0501. The fraction of sp³-hybridized carbons (Fsp3) is 0.333. The molecule has 4 atom stereocenters. The summed E-state index contributed by atoms with van der Waals surface area (Å²) in [4.78, 5) is 22.7. The van der Waals surface area contributed by atoms with Crippen molar-refractivity contribution in [3.05, 3.63) is 34.5 Å². The van der Waals surface area contributed by atoms with Crippen molar-refractivity contribution in [1.29, 1.82) is 0 Å². The zero-order chi connectivity index (χ0) is 19.8. The number of nitrogens with two attached hydrogens (primary N) is 1. The highest BCUT2D eigenvalue weighted by Crippen LogP contribution is 2.33. The van der Waals surface area contributed by atoms with E-state index in [4.69, 9.17) is 14.9 Å². The Morgan fingerprint density at radius 1 is 1.39 bits per heavy atom. The average Bonchev–Trinajstić information content (AvgIpc) is 3.36. The van der Waals surface area contributed by atoms with Crippen molar-refractivity contribution in [2.24, 2.45) is 5.10 Å². The second-order valence-corrected chi connectivity index (χ2v) is 6.04. The summed E-state index contributed by atoms with van der Waals surface area (Å²) in [7, 11) is 0. The molecule has 0 aromatic carbocycles. The van der Waals surface area contributed by atoms with Gasteiger partial charge in [0.15, 0.2) is 17.4 Å². The van der Waals surface area contributed by atoms with Gasteiger partial charge in [0.25, 0.3) is 5.56 Å². The topological polar surface area (TPSA) is 197 Å². The molecule has 1 saturated heterocycles. The summed E-state index contributed by atoms with van der Waals surface area (Å²) in [6.07, 6.45) is -2.17. The molecule has 0 radical (unpaired) electrons. The standard InChI is InChI=1S/C15H17N7O6/c16-14-19-11-8(12(26)20-14)18-15(21-17-4-6-2-1-3-27-6)22(11)13-10(25)9(24)7(5-23)28-13/h1-4,7,9-10,13,23-25H,5H2,(H,18,21)(H3,16,19,20,26)/b17-4-. The van der Waals surface area contributed by atoms with Crippen molar-refractivity contribution >= 4 is 29.3 Å². The van der Waals surface area contributed by atoms with Gasteiger partial charge in [-0.2, -0.15) is 10.1 Å². The number of nitrogen functional groups attached to an aromatic ring is 1. The molecule has 0 saturated carbocycles. The smallest absolute Gasteiger partial charge is 0.280 e. The lowest BCUT2D eigenvalue weighted by atomic mass is 10.1. The summed E-state index contributed by atoms with van der Waals surface area (Å²) >= 11 is 0. The van der Waals surface area contributed by atoms with Crippen LogP contribution in [0.3, 0.4) is 0 Å². The van der Waals surface area contributed by atoms with Gasteiger partial charge < -0.3 is 30.2 Å². The summed E-state index contributed by atoms with van der Waals surface area (Å²) in [5, 5.41) is 33.7. The van der Waals surface area contributed by atoms with E-state index in [9.17, 15) is 20.1 Å². The van der Waals surface area contributed by atoms with Crippen molar-refractivity contribution in [2.45, 2.75) is 24.5 Å². The Morgan fingerprint density at radius 3 is 2.89 bits per heavy atom. The molecule has 1 fully saturated rings. The molecule has 0 bridgehead atoms. The van der Waals surface area contributed by atoms with E-state index in [1.165, 1.54) is 17.0 Å². The fourth-order valence-electron chi connectivity index (χ4n) is 2.93. The number of aliphatic hydroxyl groups excluding tert-OH is 3. The van der Waals surface area contributed by atoms with Crippen molar-refractivity contribution in [2.75, 3.05) is 17.8 Å². The summed E-state index contributed by atoms with van der Waals surface area (Å²) in [6.45, 7) is -0.517. The predicted molar refractivity (Wildman–Crippen MR) is 95.5 cm³/mol. The van der Waals surface area contributed by atoms with Gasteiger partial charge in [-0.05, 0) is 12.1 Å². The van der Waals surface area contributed by atoms with E-state index in [0.29, 0.717) is 5.76 Å². The minimum Gasteiger partial charge on any atom is -0.463 e. The van der Waals surface area contributed by atoms with E-state index in [1.54, 1.807) is 12.1 Å². The van der Waals surface area contributed by atoms with Crippen LogP contribution >= 0.6 is 0 Å². The van der Waals surface area contributed by atoms with Gasteiger partial charge in [-0.25, -0.2) is 10.4 Å². The first-order valence-electron chi connectivity index (χ1n) is 8.22. The highest BCUT2D eigenvalue weighted by Gasteiger charge is 2.45. The molecular formula is C15H17N7O6. The van der Waals surface area contributed by atoms with Crippen LogP contribution in [0.15, 0.2) is 32.7 Å². The Balaban J connectivity index is 1.79. The van der Waals surface area contributed by atoms with E-state index < -0.39 is 36.7 Å². The van der Waals surface area contributed by atoms with Gasteiger partial charge in [-0.3, -0.25) is 14.3 Å². The van der Waals surface area contributed by atoms with Crippen LogP contribution in [-0.4, -0.2) is 66.0 Å². The first kappa shape index (κ1) is 18.1. The number of fused-ring (bicyclic) bond motifs is 1. The number of ether oxygens (including phenoxy) is 1. The molecule has 28 heavy (non-hydrogen) atoms. The molecule has 13 heteroatoms. The second-order valence-electron chi connectivity index (χ2n) is 6.04. The lowest BCUT2D eigenvalue weighted by Crippen LogP contribution is -2.33. The van der Waals surface area contributed by atoms with E-state index in [-0.39, 0.29) is 23.1 Å². The zero-order valence-electron chi connectivity index (χ0n) is 14.3. The zero-order valence-corrected chi connectivity index (χ0v) is 14.3. The van der Waals surface area contributed by atoms with E-state index in [1.807, 2.05) is 0 Å². The highest BCUT2D eigenvalue weighted by atomic mass is 16.6. The molecule has 0 aliphatic carbocycles. The SMILES string of the molecule is Nc1nc2c(nc(N/N=C\c3ccco3)n2C2OC(CO)C(O)C2O)c(=O)[nH]1. The van der Waals surface area contributed by atoms with Gasteiger partial charge in [0.2, 0.25) is 11.9 Å². The molecule has 0 amide bonds. The molecule has 148 valence electrons. The van der Waals surface area contributed by atoms with Crippen molar-refractivity contribution in [3.8, 4) is 0 Å². The molecule has 3 aromatic rings. The molecule has 4 heterocycles. The molecule has 4 unspecified atom stereocenters. The number of hydrazone groups is 1. The molecular weight excluding hydrogens is 374 g/mol. The first-order valence-corrected chi connectivity index (χ1v) is 8.22. The van der Waals surface area contributed by atoms with E-state index >= 15 is 0 Å². The van der Waals surface area contributed by atoms with Gasteiger partial charge in [0, 0.05) is 0 Å². The number of aromatic amines is 1. The normalized spacial score (nSPS) is 25.1. The Kier molecular flexibility index (Phi) is 4.56. The minimum absolute atomic E-state index is 0.00348. The summed E-state index contributed by atoms with van der Waals surface area (Å²) < 4.78 is 11.9. The lowest BCUT2D eigenvalue weighted by Gasteiger charge is -2.18. The monoisotopic (exact) mass is 391 g/mol. The minimum atomic E-state index is -1.42. The number of rotatable bonds is 5. The number of H-pyrrole nitrogens is 1. The highest BCUT2D eigenvalue weighted by molar-refractivity contribution is 5.77. The number of nitrogens with one attached hydrogen (secondary N) is 2. The van der Waals surface area contributed by atoms with Crippen molar-refractivity contribution in [1.82, 2.24) is 19.5 Å². The van der Waals surface area contributed by atoms with Crippen LogP contribution < -0.4 is 16.7 Å². The molecule has 1 aliphatic heterocycles. The average molecular weight is 391 g/mol. The largest absolute Gasteiger partial charge is 0.463 e. The molecule has 1 aliphatic rings. The second kappa shape index (κ2) is 7.05. The first-order chi connectivity index (χ1) is 13.5. The molecule has 7 N–H and O–H groups in total. The Morgan fingerprint density at radius 2 is 2.21 bits per heavy atom. The molecule has 4 rings (SSSR count). The Hall–Kier alpha value is -3.26. The number of nitrogens with zero attached hydrogens (tertiary/aromatic N) is 4.